The quantitative estimate of drug-likeness (QED) is 0.847. The molecule has 0 saturated carbocycles. The first kappa shape index (κ1) is 15.8. The van der Waals surface area contributed by atoms with E-state index in [9.17, 15) is 4.79 Å². The minimum Gasteiger partial charge on any atom is -0.494 e. The molecule has 1 aromatic rings. The van der Waals surface area contributed by atoms with E-state index in [1.165, 1.54) is 0 Å². The fourth-order valence-corrected chi connectivity index (χ4v) is 2.85. The van der Waals surface area contributed by atoms with Crippen LogP contribution in [0.1, 0.15) is 45.2 Å². The monoisotopic (exact) mass is 290 g/mol. The number of ether oxygens (including phenoxy) is 1. The summed E-state index contributed by atoms with van der Waals surface area (Å²) in [4.78, 5) is 12.6. The van der Waals surface area contributed by atoms with Crippen molar-refractivity contribution in [2.24, 2.45) is 5.41 Å². The van der Waals surface area contributed by atoms with E-state index < -0.39 is 0 Å². The van der Waals surface area contributed by atoms with Crippen LogP contribution in [-0.2, 0) is 4.79 Å². The SMILES string of the molecule is CCOc1ccc(C(C)NC(=O)C2(CC)CCNC2)cc1. The number of rotatable bonds is 6. The topological polar surface area (TPSA) is 50.4 Å². The molecule has 0 radical (unpaired) electrons. The molecule has 2 unspecified atom stereocenters. The number of nitrogens with one attached hydrogen (secondary N) is 2. The Bertz CT molecular complexity index is 464. The van der Waals surface area contributed by atoms with Gasteiger partial charge in [0.15, 0.2) is 0 Å². The van der Waals surface area contributed by atoms with Gasteiger partial charge in [-0.2, -0.15) is 0 Å². The summed E-state index contributed by atoms with van der Waals surface area (Å²) in [6, 6.07) is 7.95. The lowest BCUT2D eigenvalue weighted by molar-refractivity contribution is -0.131. The maximum absolute atomic E-state index is 12.6. The van der Waals surface area contributed by atoms with Crippen LogP contribution in [0.4, 0.5) is 0 Å². The highest BCUT2D eigenvalue weighted by Gasteiger charge is 2.39. The van der Waals surface area contributed by atoms with Crippen molar-refractivity contribution in [3.8, 4) is 5.75 Å². The Hall–Kier alpha value is -1.55. The zero-order valence-electron chi connectivity index (χ0n) is 13.2. The Morgan fingerprint density at radius 1 is 1.38 bits per heavy atom. The van der Waals surface area contributed by atoms with Crippen LogP contribution in [0, 0.1) is 5.41 Å². The lowest BCUT2D eigenvalue weighted by Gasteiger charge is -2.27. The summed E-state index contributed by atoms with van der Waals surface area (Å²) in [6.45, 7) is 8.46. The van der Waals surface area contributed by atoms with Gasteiger partial charge in [0.1, 0.15) is 5.75 Å². The highest BCUT2D eigenvalue weighted by Crippen LogP contribution is 2.30. The Morgan fingerprint density at radius 3 is 2.62 bits per heavy atom. The number of hydrogen-bond donors (Lipinski definition) is 2. The average molecular weight is 290 g/mol. The molecule has 1 aliphatic heterocycles. The van der Waals surface area contributed by atoms with Gasteiger partial charge in [0.25, 0.3) is 0 Å². The largest absolute Gasteiger partial charge is 0.494 e. The Balaban J connectivity index is 2.00. The number of hydrogen-bond acceptors (Lipinski definition) is 3. The molecule has 1 amide bonds. The van der Waals surface area contributed by atoms with Crippen LogP contribution in [0.5, 0.6) is 5.75 Å². The first-order chi connectivity index (χ1) is 10.1. The predicted octanol–water partition coefficient (Wildman–Crippen LogP) is 2.65. The highest BCUT2D eigenvalue weighted by molar-refractivity contribution is 5.83. The molecular formula is C17H26N2O2. The Labute approximate surface area is 127 Å². The van der Waals surface area contributed by atoms with Gasteiger partial charge in [-0.1, -0.05) is 19.1 Å². The highest BCUT2D eigenvalue weighted by atomic mass is 16.5. The van der Waals surface area contributed by atoms with Crippen LogP contribution in [-0.4, -0.2) is 25.6 Å². The lowest BCUT2D eigenvalue weighted by Crippen LogP contribution is -2.43. The Morgan fingerprint density at radius 2 is 2.10 bits per heavy atom. The van der Waals surface area contributed by atoms with Crippen molar-refractivity contribution >= 4 is 5.91 Å². The molecule has 1 saturated heterocycles. The second-order valence-electron chi connectivity index (χ2n) is 5.76. The van der Waals surface area contributed by atoms with E-state index in [1.54, 1.807) is 0 Å². The summed E-state index contributed by atoms with van der Waals surface area (Å²) in [5.74, 6) is 1.03. The molecule has 0 aromatic heterocycles. The molecule has 2 rings (SSSR count). The molecule has 0 spiro atoms. The van der Waals surface area contributed by atoms with Crippen LogP contribution in [0.25, 0.3) is 0 Å². The molecule has 116 valence electrons. The Kier molecular flexibility index (Phi) is 5.23. The maximum atomic E-state index is 12.6. The van der Waals surface area contributed by atoms with Gasteiger partial charge in [-0.15, -0.1) is 0 Å². The fraction of sp³-hybridized carbons (Fsp3) is 0.588. The zero-order valence-corrected chi connectivity index (χ0v) is 13.2. The number of benzene rings is 1. The van der Waals surface area contributed by atoms with Crippen molar-refractivity contribution in [1.29, 1.82) is 0 Å². The summed E-state index contributed by atoms with van der Waals surface area (Å²) >= 11 is 0. The van der Waals surface area contributed by atoms with E-state index in [0.29, 0.717) is 6.61 Å². The van der Waals surface area contributed by atoms with Gasteiger partial charge in [0.05, 0.1) is 18.1 Å². The molecule has 0 aliphatic carbocycles. The van der Waals surface area contributed by atoms with E-state index in [2.05, 4.69) is 17.6 Å². The van der Waals surface area contributed by atoms with Gasteiger partial charge in [0, 0.05) is 6.54 Å². The predicted molar refractivity (Wildman–Crippen MR) is 84.4 cm³/mol. The third-order valence-corrected chi connectivity index (χ3v) is 4.44. The van der Waals surface area contributed by atoms with E-state index in [0.717, 1.165) is 37.2 Å². The van der Waals surface area contributed by atoms with Crippen LogP contribution in [0.2, 0.25) is 0 Å². The molecule has 1 aromatic carbocycles. The first-order valence-electron chi connectivity index (χ1n) is 7.85. The van der Waals surface area contributed by atoms with Crippen LogP contribution in [0.15, 0.2) is 24.3 Å². The van der Waals surface area contributed by atoms with Crippen LogP contribution in [0.3, 0.4) is 0 Å². The smallest absolute Gasteiger partial charge is 0.228 e. The molecule has 1 fully saturated rings. The average Bonchev–Trinajstić information content (AvgIpc) is 2.98. The van der Waals surface area contributed by atoms with Gasteiger partial charge >= 0.3 is 0 Å². The molecule has 0 bridgehead atoms. The normalized spacial score (nSPS) is 22.8. The molecule has 2 N–H and O–H groups in total. The second kappa shape index (κ2) is 6.94. The second-order valence-corrected chi connectivity index (χ2v) is 5.76. The molecule has 4 nitrogen and oxygen atoms in total. The van der Waals surface area contributed by atoms with Crippen molar-refractivity contribution in [3.63, 3.8) is 0 Å². The van der Waals surface area contributed by atoms with Crippen molar-refractivity contribution in [3.05, 3.63) is 29.8 Å². The number of amides is 1. The molecule has 2 atom stereocenters. The van der Waals surface area contributed by atoms with Crippen LogP contribution < -0.4 is 15.4 Å². The molecule has 1 heterocycles. The third kappa shape index (κ3) is 3.56. The minimum atomic E-state index is -0.237. The van der Waals surface area contributed by atoms with Crippen LogP contribution >= 0.6 is 0 Å². The number of carbonyl (C=O) groups is 1. The van der Waals surface area contributed by atoms with E-state index >= 15 is 0 Å². The van der Waals surface area contributed by atoms with E-state index in [1.807, 2.05) is 38.1 Å². The standard InChI is InChI=1S/C17H26N2O2/c1-4-17(10-11-18-12-17)16(20)19-13(3)14-6-8-15(9-7-14)21-5-2/h6-9,13,18H,4-5,10-12H2,1-3H3,(H,19,20). The lowest BCUT2D eigenvalue weighted by atomic mass is 9.83. The number of carbonyl (C=O) groups excluding carboxylic acids is 1. The van der Waals surface area contributed by atoms with Crippen molar-refractivity contribution in [1.82, 2.24) is 10.6 Å². The summed E-state index contributed by atoms with van der Waals surface area (Å²) in [6.07, 6.45) is 1.80. The minimum absolute atomic E-state index is 0.0113. The zero-order chi connectivity index (χ0) is 15.3. The summed E-state index contributed by atoms with van der Waals surface area (Å²) < 4.78 is 5.44. The molecule has 1 aliphatic rings. The van der Waals surface area contributed by atoms with Crippen molar-refractivity contribution in [2.45, 2.75) is 39.7 Å². The molecule has 21 heavy (non-hydrogen) atoms. The molecule has 4 heteroatoms. The van der Waals surface area contributed by atoms with Gasteiger partial charge < -0.3 is 15.4 Å². The van der Waals surface area contributed by atoms with Crippen molar-refractivity contribution < 1.29 is 9.53 Å². The fourth-order valence-electron chi connectivity index (χ4n) is 2.85. The molecular weight excluding hydrogens is 264 g/mol. The maximum Gasteiger partial charge on any atom is 0.228 e. The van der Waals surface area contributed by atoms with Crippen molar-refractivity contribution in [2.75, 3.05) is 19.7 Å². The van der Waals surface area contributed by atoms with Gasteiger partial charge in [-0.05, 0) is 50.9 Å². The summed E-state index contributed by atoms with van der Waals surface area (Å²) in [5, 5.41) is 6.46. The van der Waals surface area contributed by atoms with E-state index in [-0.39, 0.29) is 17.4 Å². The third-order valence-electron chi connectivity index (χ3n) is 4.44. The van der Waals surface area contributed by atoms with Gasteiger partial charge in [0.2, 0.25) is 5.91 Å². The summed E-state index contributed by atoms with van der Waals surface area (Å²) in [7, 11) is 0. The van der Waals surface area contributed by atoms with Gasteiger partial charge in [-0.3, -0.25) is 4.79 Å². The summed E-state index contributed by atoms with van der Waals surface area (Å²) in [5.41, 5.74) is 0.864. The first-order valence-corrected chi connectivity index (χ1v) is 7.85. The van der Waals surface area contributed by atoms with E-state index in [4.69, 9.17) is 4.74 Å². The van der Waals surface area contributed by atoms with Gasteiger partial charge in [-0.25, -0.2) is 0 Å².